The molecule has 1 fully saturated rings. The first-order chi connectivity index (χ1) is 9.66. The molecule has 0 radical (unpaired) electrons. The summed E-state index contributed by atoms with van der Waals surface area (Å²) in [7, 11) is 0. The average molecular weight is 276 g/mol. The van der Waals surface area contributed by atoms with Crippen LogP contribution in [0.25, 0.3) is 0 Å². The number of nitrogens with one attached hydrogen (secondary N) is 1. The number of ketones is 1. The number of benzene rings is 1. The summed E-state index contributed by atoms with van der Waals surface area (Å²) in [6.07, 6.45) is 1.17. The van der Waals surface area contributed by atoms with Crippen molar-refractivity contribution in [2.45, 2.75) is 26.4 Å². The van der Waals surface area contributed by atoms with Gasteiger partial charge in [0.05, 0.1) is 18.2 Å². The number of Topliss-reactive ketones (excluding diaryl/α,β-unsaturated/α-hetero) is 1. The van der Waals surface area contributed by atoms with Gasteiger partial charge in [0.15, 0.2) is 5.78 Å². The van der Waals surface area contributed by atoms with E-state index in [0.717, 1.165) is 32.6 Å². The zero-order chi connectivity index (χ0) is 14.4. The van der Waals surface area contributed by atoms with Crippen molar-refractivity contribution in [1.82, 2.24) is 10.2 Å². The highest BCUT2D eigenvalue weighted by atomic mass is 16.5. The van der Waals surface area contributed by atoms with Crippen molar-refractivity contribution >= 4 is 5.78 Å². The Labute approximate surface area is 121 Å². The highest BCUT2D eigenvalue weighted by Gasteiger charge is 2.17. The molecule has 1 aliphatic rings. The SMILES string of the molecule is CC(C)Oc1ccccc1C(=O)CN1CCCNCC1. The van der Waals surface area contributed by atoms with Crippen molar-refractivity contribution in [2.75, 3.05) is 32.7 Å². The van der Waals surface area contributed by atoms with E-state index in [4.69, 9.17) is 4.74 Å². The summed E-state index contributed by atoms with van der Waals surface area (Å²) in [5, 5.41) is 3.35. The van der Waals surface area contributed by atoms with Gasteiger partial charge in [0.2, 0.25) is 0 Å². The molecule has 0 spiro atoms. The quantitative estimate of drug-likeness (QED) is 0.835. The number of hydrogen-bond acceptors (Lipinski definition) is 4. The predicted molar refractivity (Wildman–Crippen MR) is 80.5 cm³/mol. The van der Waals surface area contributed by atoms with Crippen molar-refractivity contribution in [2.24, 2.45) is 0 Å². The molecule has 1 saturated heterocycles. The summed E-state index contributed by atoms with van der Waals surface area (Å²) in [4.78, 5) is 14.7. The summed E-state index contributed by atoms with van der Waals surface area (Å²) in [6, 6.07) is 7.53. The first-order valence-corrected chi connectivity index (χ1v) is 7.39. The Morgan fingerprint density at radius 2 is 2.10 bits per heavy atom. The van der Waals surface area contributed by atoms with Crippen LogP contribution in [0.15, 0.2) is 24.3 Å². The van der Waals surface area contributed by atoms with Gasteiger partial charge < -0.3 is 10.1 Å². The van der Waals surface area contributed by atoms with Crippen LogP contribution < -0.4 is 10.1 Å². The fraction of sp³-hybridized carbons (Fsp3) is 0.562. The van der Waals surface area contributed by atoms with E-state index in [9.17, 15) is 4.79 Å². The van der Waals surface area contributed by atoms with Crippen LogP contribution in [0.4, 0.5) is 0 Å². The second kappa shape index (κ2) is 7.41. The van der Waals surface area contributed by atoms with Crippen molar-refractivity contribution in [3.05, 3.63) is 29.8 Å². The number of para-hydroxylation sites is 1. The van der Waals surface area contributed by atoms with Crippen LogP contribution in [0.3, 0.4) is 0 Å². The lowest BCUT2D eigenvalue weighted by Crippen LogP contribution is -2.33. The van der Waals surface area contributed by atoms with Gasteiger partial charge in [-0.25, -0.2) is 0 Å². The first kappa shape index (κ1) is 15.0. The Hall–Kier alpha value is -1.39. The van der Waals surface area contributed by atoms with E-state index >= 15 is 0 Å². The van der Waals surface area contributed by atoms with Crippen LogP contribution >= 0.6 is 0 Å². The average Bonchev–Trinajstić information content (AvgIpc) is 2.67. The van der Waals surface area contributed by atoms with Crippen LogP contribution in [0.5, 0.6) is 5.75 Å². The molecule has 0 amide bonds. The second-order valence-corrected chi connectivity index (χ2v) is 5.47. The number of carbonyl (C=O) groups is 1. The number of hydrogen-bond donors (Lipinski definition) is 1. The first-order valence-electron chi connectivity index (χ1n) is 7.39. The fourth-order valence-electron chi connectivity index (χ4n) is 2.40. The van der Waals surface area contributed by atoms with Crippen molar-refractivity contribution in [3.8, 4) is 5.75 Å². The normalized spacial score (nSPS) is 16.9. The number of ether oxygens (including phenoxy) is 1. The van der Waals surface area contributed by atoms with Gasteiger partial charge in [-0.05, 0) is 45.5 Å². The van der Waals surface area contributed by atoms with Crippen LogP contribution in [-0.2, 0) is 0 Å². The predicted octanol–water partition coefficient (Wildman–Crippen LogP) is 1.95. The largest absolute Gasteiger partial charge is 0.490 e. The Morgan fingerprint density at radius 1 is 1.30 bits per heavy atom. The maximum absolute atomic E-state index is 12.5. The van der Waals surface area contributed by atoms with E-state index in [1.165, 1.54) is 0 Å². The summed E-state index contributed by atoms with van der Waals surface area (Å²) in [5.41, 5.74) is 0.693. The summed E-state index contributed by atoms with van der Waals surface area (Å²) >= 11 is 0. The van der Waals surface area contributed by atoms with E-state index in [1.54, 1.807) is 0 Å². The molecule has 1 aromatic rings. The summed E-state index contributed by atoms with van der Waals surface area (Å²) < 4.78 is 5.73. The minimum absolute atomic E-state index is 0.0753. The number of rotatable bonds is 5. The highest BCUT2D eigenvalue weighted by molar-refractivity contribution is 6.00. The molecule has 0 saturated carbocycles. The van der Waals surface area contributed by atoms with Gasteiger partial charge >= 0.3 is 0 Å². The Balaban J connectivity index is 2.04. The Bertz CT molecular complexity index is 438. The van der Waals surface area contributed by atoms with Crippen molar-refractivity contribution in [1.29, 1.82) is 0 Å². The molecule has 1 aliphatic heterocycles. The molecule has 0 atom stereocenters. The molecule has 1 aromatic carbocycles. The lowest BCUT2D eigenvalue weighted by atomic mass is 10.1. The van der Waals surface area contributed by atoms with Gasteiger partial charge in [-0.15, -0.1) is 0 Å². The molecule has 20 heavy (non-hydrogen) atoms. The molecule has 1 N–H and O–H groups in total. The standard InChI is InChI=1S/C16H24N2O2/c1-13(2)20-16-7-4-3-6-14(16)15(19)12-18-10-5-8-17-9-11-18/h3-4,6-7,13,17H,5,8-12H2,1-2H3. The lowest BCUT2D eigenvalue weighted by molar-refractivity contribution is 0.0929. The fourth-order valence-corrected chi connectivity index (χ4v) is 2.40. The molecule has 4 heteroatoms. The zero-order valence-electron chi connectivity index (χ0n) is 12.4. The van der Waals surface area contributed by atoms with E-state index in [0.29, 0.717) is 17.9 Å². The lowest BCUT2D eigenvalue weighted by Gasteiger charge is -2.19. The number of carbonyl (C=O) groups excluding carboxylic acids is 1. The van der Waals surface area contributed by atoms with Gasteiger partial charge in [0.25, 0.3) is 0 Å². The maximum Gasteiger partial charge on any atom is 0.180 e. The summed E-state index contributed by atoms with van der Waals surface area (Å²) in [6.45, 7) is 8.32. The van der Waals surface area contributed by atoms with Gasteiger partial charge in [-0.2, -0.15) is 0 Å². The smallest absolute Gasteiger partial charge is 0.180 e. The van der Waals surface area contributed by atoms with Crippen LogP contribution in [-0.4, -0.2) is 49.5 Å². The monoisotopic (exact) mass is 276 g/mol. The minimum atomic E-state index is 0.0753. The van der Waals surface area contributed by atoms with Crippen LogP contribution in [0.2, 0.25) is 0 Å². The molecular formula is C16H24N2O2. The highest BCUT2D eigenvalue weighted by Crippen LogP contribution is 2.20. The van der Waals surface area contributed by atoms with Crippen molar-refractivity contribution < 1.29 is 9.53 Å². The molecule has 0 unspecified atom stereocenters. The van der Waals surface area contributed by atoms with E-state index < -0.39 is 0 Å². The molecular weight excluding hydrogens is 252 g/mol. The molecule has 110 valence electrons. The molecule has 4 nitrogen and oxygen atoms in total. The zero-order valence-corrected chi connectivity index (χ0v) is 12.4. The molecule has 2 rings (SSSR count). The third-order valence-corrected chi connectivity index (χ3v) is 3.35. The van der Waals surface area contributed by atoms with Crippen LogP contribution in [0.1, 0.15) is 30.6 Å². The second-order valence-electron chi connectivity index (χ2n) is 5.47. The van der Waals surface area contributed by atoms with Gasteiger partial charge in [-0.3, -0.25) is 9.69 Å². The van der Waals surface area contributed by atoms with Gasteiger partial charge in [-0.1, -0.05) is 12.1 Å². The molecule has 1 heterocycles. The molecule has 0 bridgehead atoms. The van der Waals surface area contributed by atoms with Crippen molar-refractivity contribution in [3.63, 3.8) is 0 Å². The minimum Gasteiger partial charge on any atom is -0.490 e. The van der Waals surface area contributed by atoms with E-state index in [1.807, 2.05) is 38.1 Å². The third kappa shape index (κ3) is 4.32. The Kier molecular flexibility index (Phi) is 5.56. The maximum atomic E-state index is 12.5. The van der Waals surface area contributed by atoms with Gasteiger partial charge in [0.1, 0.15) is 5.75 Å². The summed E-state index contributed by atoms with van der Waals surface area (Å²) in [5.74, 6) is 0.837. The molecule has 0 aromatic heterocycles. The third-order valence-electron chi connectivity index (χ3n) is 3.35. The van der Waals surface area contributed by atoms with E-state index in [2.05, 4.69) is 10.2 Å². The van der Waals surface area contributed by atoms with Crippen LogP contribution in [0, 0.1) is 0 Å². The molecule has 0 aliphatic carbocycles. The Morgan fingerprint density at radius 3 is 2.90 bits per heavy atom. The van der Waals surface area contributed by atoms with Gasteiger partial charge in [0, 0.05) is 13.1 Å². The topological polar surface area (TPSA) is 41.6 Å². The van der Waals surface area contributed by atoms with E-state index in [-0.39, 0.29) is 11.9 Å². The number of nitrogens with zero attached hydrogens (tertiary/aromatic N) is 1.